The predicted molar refractivity (Wildman–Crippen MR) is 105 cm³/mol. The maximum atomic E-state index is 12.5. The van der Waals surface area contributed by atoms with E-state index in [1.165, 1.54) is 6.42 Å². The highest BCUT2D eigenvalue weighted by atomic mass is 16.5. The van der Waals surface area contributed by atoms with Gasteiger partial charge in [0, 0.05) is 38.3 Å². The van der Waals surface area contributed by atoms with Crippen molar-refractivity contribution < 1.29 is 9.53 Å². The van der Waals surface area contributed by atoms with E-state index in [-0.39, 0.29) is 11.9 Å². The minimum absolute atomic E-state index is 0.142. The summed E-state index contributed by atoms with van der Waals surface area (Å²) in [5.41, 5.74) is 1.84. The first-order valence-corrected chi connectivity index (χ1v) is 9.56. The molecule has 1 aliphatic rings. The van der Waals surface area contributed by atoms with Gasteiger partial charge in [0.2, 0.25) is 0 Å². The van der Waals surface area contributed by atoms with Crippen molar-refractivity contribution in [2.75, 3.05) is 33.4 Å². The lowest BCUT2D eigenvalue weighted by Crippen LogP contribution is -2.43. The van der Waals surface area contributed by atoms with Crippen LogP contribution in [0.15, 0.2) is 29.3 Å². The van der Waals surface area contributed by atoms with Gasteiger partial charge in [-0.1, -0.05) is 12.1 Å². The number of ether oxygens (including phenoxy) is 1. The van der Waals surface area contributed by atoms with E-state index in [4.69, 9.17) is 4.74 Å². The summed E-state index contributed by atoms with van der Waals surface area (Å²) in [7, 11) is 1.69. The zero-order valence-electron chi connectivity index (χ0n) is 16.3. The summed E-state index contributed by atoms with van der Waals surface area (Å²) in [6, 6.07) is 7.99. The molecule has 1 heterocycles. The van der Waals surface area contributed by atoms with Gasteiger partial charge in [0.1, 0.15) is 0 Å². The third-order valence-electron chi connectivity index (χ3n) is 4.41. The molecule has 1 fully saturated rings. The van der Waals surface area contributed by atoms with Crippen LogP contribution in [0, 0.1) is 0 Å². The number of methoxy groups -OCH3 is 1. The number of rotatable bonds is 7. The highest BCUT2D eigenvalue weighted by molar-refractivity contribution is 5.94. The summed E-state index contributed by atoms with van der Waals surface area (Å²) >= 11 is 0. The third-order valence-corrected chi connectivity index (χ3v) is 4.41. The Morgan fingerprint density at radius 2 is 1.92 bits per heavy atom. The molecule has 0 spiro atoms. The van der Waals surface area contributed by atoms with Crippen LogP contribution in [0.5, 0.6) is 0 Å². The first kappa shape index (κ1) is 20.2. The molecule has 26 heavy (non-hydrogen) atoms. The number of aliphatic imine (C=N–C) groups is 1. The lowest BCUT2D eigenvalue weighted by Gasteiger charge is -2.26. The Balaban J connectivity index is 1.94. The number of amides is 1. The Morgan fingerprint density at radius 1 is 1.23 bits per heavy atom. The number of carbonyl (C=O) groups is 1. The molecule has 6 nitrogen and oxygen atoms in total. The lowest BCUT2D eigenvalue weighted by molar-refractivity contribution is 0.0724. The summed E-state index contributed by atoms with van der Waals surface area (Å²) in [5, 5.41) is 6.55. The Morgan fingerprint density at radius 3 is 2.54 bits per heavy atom. The van der Waals surface area contributed by atoms with E-state index in [1.54, 1.807) is 7.11 Å². The van der Waals surface area contributed by atoms with Gasteiger partial charge >= 0.3 is 0 Å². The standard InChI is InChI=1S/C20H32N4O2/c1-4-21-20(23-16(2)15-26-3)22-14-17-8-10-18(11-9-17)19(25)24-12-6-5-7-13-24/h8-11,16H,4-7,12-15H2,1-3H3,(H2,21,22,23). The number of carbonyl (C=O) groups excluding carboxylic acids is 1. The molecule has 1 aliphatic heterocycles. The average molecular weight is 361 g/mol. The topological polar surface area (TPSA) is 66.0 Å². The van der Waals surface area contributed by atoms with Gasteiger partial charge < -0.3 is 20.3 Å². The quantitative estimate of drug-likeness (QED) is 0.579. The summed E-state index contributed by atoms with van der Waals surface area (Å²) in [4.78, 5) is 19.1. The van der Waals surface area contributed by atoms with Crippen LogP contribution in [0.2, 0.25) is 0 Å². The Kier molecular flexibility index (Phi) is 8.41. The molecule has 0 radical (unpaired) electrons. The molecule has 1 aromatic rings. The maximum absolute atomic E-state index is 12.5. The molecule has 1 amide bonds. The number of likely N-dealkylation sites (tertiary alicyclic amines) is 1. The molecule has 1 saturated heterocycles. The van der Waals surface area contributed by atoms with Crippen molar-refractivity contribution in [1.29, 1.82) is 0 Å². The van der Waals surface area contributed by atoms with E-state index in [1.807, 2.05) is 36.1 Å². The minimum atomic E-state index is 0.142. The summed E-state index contributed by atoms with van der Waals surface area (Å²) in [5.74, 6) is 0.911. The van der Waals surface area contributed by atoms with Crippen LogP contribution in [0.4, 0.5) is 0 Å². The fraction of sp³-hybridized carbons (Fsp3) is 0.600. The second kappa shape index (κ2) is 10.8. The van der Waals surface area contributed by atoms with Crippen molar-refractivity contribution in [2.45, 2.75) is 45.7 Å². The summed E-state index contributed by atoms with van der Waals surface area (Å²) in [6.07, 6.45) is 3.45. The Bertz CT molecular complexity index is 580. The van der Waals surface area contributed by atoms with Crippen molar-refractivity contribution in [3.63, 3.8) is 0 Å². The summed E-state index contributed by atoms with van der Waals surface area (Å²) < 4.78 is 5.15. The molecule has 0 aromatic heterocycles. The second-order valence-corrected chi connectivity index (χ2v) is 6.75. The highest BCUT2D eigenvalue weighted by Crippen LogP contribution is 2.14. The number of nitrogens with zero attached hydrogens (tertiary/aromatic N) is 2. The smallest absolute Gasteiger partial charge is 0.253 e. The highest BCUT2D eigenvalue weighted by Gasteiger charge is 2.17. The maximum Gasteiger partial charge on any atom is 0.253 e. The number of piperidine rings is 1. The van der Waals surface area contributed by atoms with Gasteiger partial charge in [0.25, 0.3) is 5.91 Å². The predicted octanol–water partition coefficient (Wildman–Crippen LogP) is 2.40. The number of hydrogen-bond donors (Lipinski definition) is 2. The van der Waals surface area contributed by atoms with Gasteiger partial charge in [-0.05, 0) is 50.8 Å². The van der Waals surface area contributed by atoms with E-state index < -0.39 is 0 Å². The van der Waals surface area contributed by atoms with E-state index in [9.17, 15) is 4.79 Å². The number of nitrogens with one attached hydrogen (secondary N) is 2. The van der Waals surface area contributed by atoms with E-state index in [0.29, 0.717) is 13.2 Å². The van der Waals surface area contributed by atoms with Crippen LogP contribution in [-0.2, 0) is 11.3 Å². The fourth-order valence-electron chi connectivity index (χ4n) is 3.05. The van der Waals surface area contributed by atoms with Crippen molar-refractivity contribution in [2.24, 2.45) is 4.99 Å². The molecule has 144 valence electrons. The zero-order chi connectivity index (χ0) is 18.8. The Hall–Kier alpha value is -2.08. The van der Waals surface area contributed by atoms with Gasteiger partial charge in [-0.2, -0.15) is 0 Å². The van der Waals surface area contributed by atoms with Gasteiger partial charge in [-0.15, -0.1) is 0 Å². The van der Waals surface area contributed by atoms with E-state index >= 15 is 0 Å². The first-order valence-electron chi connectivity index (χ1n) is 9.56. The number of benzene rings is 1. The second-order valence-electron chi connectivity index (χ2n) is 6.75. The number of hydrogen-bond acceptors (Lipinski definition) is 3. The van der Waals surface area contributed by atoms with Crippen LogP contribution in [0.3, 0.4) is 0 Å². The molecular weight excluding hydrogens is 328 g/mol. The molecule has 1 unspecified atom stereocenters. The van der Waals surface area contributed by atoms with Crippen LogP contribution >= 0.6 is 0 Å². The normalized spacial score (nSPS) is 16.3. The van der Waals surface area contributed by atoms with Crippen molar-refractivity contribution in [3.8, 4) is 0 Å². The molecule has 2 N–H and O–H groups in total. The van der Waals surface area contributed by atoms with Crippen LogP contribution in [-0.4, -0.2) is 56.2 Å². The largest absolute Gasteiger partial charge is 0.383 e. The van der Waals surface area contributed by atoms with Crippen molar-refractivity contribution in [1.82, 2.24) is 15.5 Å². The Labute approximate surface area is 157 Å². The molecule has 0 bridgehead atoms. The van der Waals surface area contributed by atoms with Gasteiger partial charge in [0.05, 0.1) is 13.2 Å². The van der Waals surface area contributed by atoms with Crippen LogP contribution in [0.1, 0.15) is 49.0 Å². The third kappa shape index (κ3) is 6.33. The van der Waals surface area contributed by atoms with Gasteiger partial charge in [-0.25, -0.2) is 4.99 Å². The average Bonchev–Trinajstić information content (AvgIpc) is 2.67. The van der Waals surface area contributed by atoms with Crippen LogP contribution in [0.25, 0.3) is 0 Å². The fourth-order valence-corrected chi connectivity index (χ4v) is 3.05. The SMILES string of the molecule is CCNC(=NCc1ccc(C(=O)N2CCCCC2)cc1)NC(C)COC. The molecule has 1 atom stereocenters. The van der Waals surface area contributed by atoms with Crippen LogP contribution < -0.4 is 10.6 Å². The van der Waals surface area contributed by atoms with E-state index in [2.05, 4.69) is 22.5 Å². The monoisotopic (exact) mass is 360 g/mol. The van der Waals surface area contributed by atoms with Crippen molar-refractivity contribution in [3.05, 3.63) is 35.4 Å². The summed E-state index contributed by atoms with van der Waals surface area (Å²) in [6.45, 7) is 7.83. The zero-order valence-corrected chi connectivity index (χ0v) is 16.3. The molecule has 0 aliphatic carbocycles. The lowest BCUT2D eigenvalue weighted by atomic mass is 10.1. The molecule has 1 aromatic carbocycles. The number of guanidine groups is 1. The molecule has 6 heteroatoms. The minimum Gasteiger partial charge on any atom is -0.383 e. The first-order chi connectivity index (χ1) is 12.6. The molecular formula is C20H32N4O2. The van der Waals surface area contributed by atoms with Crippen molar-refractivity contribution >= 4 is 11.9 Å². The molecule has 2 rings (SSSR count). The molecule has 0 saturated carbocycles. The van der Waals surface area contributed by atoms with Gasteiger partial charge in [-0.3, -0.25) is 4.79 Å². The van der Waals surface area contributed by atoms with E-state index in [0.717, 1.165) is 49.6 Å². The van der Waals surface area contributed by atoms with Gasteiger partial charge in [0.15, 0.2) is 5.96 Å².